The predicted molar refractivity (Wildman–Crippen MR) is 109 cm³/mol. The van der Waals surface area contributed by atoms with E-state index in [0.717, 1.165) is 4.90 Å². The summed E-state index contributed by atoms with van der Waals surface area (Å²) in [5, 5.41) is 0.543. The van der Waals surface area contributed by atoms with E-state index in [-0.39, 0.29) is 31.8 Å². The summed E-state index contributed by atoms with van der Waals surface area (Å²) < 4.78 is 40.5. The minimum absolute atomic E-state index is 0.0268. The summed E-state index contributed by atoms with van der Waals surface area (Å²) in [5.74, 6) is -0.550. The van der Waals surface area contributed by atoms with Crippen LogP contribution in [0.3, 0.4) is 0 Å². The molecule has 2 heterocycles. The summed E-state index contributed by atoms with van der Waals surface area (Å²) in [5.41, 5.74) is 10.9. The standard InChI is InChI=1S/C18H25N5O8S/c1-11(19)10-30-14-4-2-3-12(7-14)8-16(24)20-21-17(25)15-6-5-13-9-22(15)18(26)23(13)31-32(27,28)29/h2-4,7,11,13,15H,5-6,8-10,19H2,1H3,(H,20,24)(H,21,25)(H,27,28,29)/t11-,13+,15-/m0/s1. The zero-order valence-electron chi connectivity index (χ0n) is 17.3. The molecule has 0 unspecified atom stereocenters. The van der Waals surface area contributed by atoms with E-state index in [1.165, 1.54) is 0 Å². The number of carbonyl (C=O) groups excluding carboxylic acids is 3. The third kappa shape index (κ3) is 6.06. The van der Waals surface area contributed by atoms with Crippen LogP contribution in [-0.2, 0) is 30.7 Å². The molecule has 1 aromatic carbocycles. The summed E-state index contributed by atoms with van der Waals surface area (Å²) in [6.07, 6.45) is 0.474. The highest BCUT2D eigenvalue weighted by atomic mass is 32.3. The van der Waals surface area contributed by atoms with E-state index in [0.29, 0.717) is 23.0 Å². The number of piperidine rings is 1. The number of rotatable bonds is 8. The van der Waals surface area contributed by atoms with Crippen LogP contribution in [0.1, 0.15) is 25.3 Å². The van der Waals surface area contributed by atoms with Crippen molar-refractivity contribution < 1.29 is 36.4 Å². The molecule has 0 aliphatic carbocycles. The van der Waals surface area contributed by atoms with Crippen molar-refractivity contribution in [2.75, 3.05) is 13.2 Å². The number of carbonyl (C=O) groups is 3. The average Bonchev–Trinajstić information content (AvgIpc) is 2.94. The van der Waals surface area contributed by atoms with Crippen LogP contribution >= 0.6 is 0 Å². The summed E-state index contributed by atoms with van der Waals surface area (Å²) >= 11 is 0. The Bertz CT molecular complexity index is 985. The summed E-state index contributed by atoms with van der Waals surface area (Å²) in [6, 6.07) is 4.36. The molecule has 2 aliphatic rings. The van der Waals surface area contributed by atoms with Crippen LogP contribution in [0.5, 0.6) is 5.75 Å². The third-order valence-electron chi connectivity index (χ3n) is 4.90. The van der Waals surface area contributed by atoms with Crippen molar-refractivity contribution in [2.24, 2.45) is 5.73 Å². The summed E-state index contributed by atoms with van der Waals surface area (Å²) in [4.78, 5) is 38.2. The fraction of sp³-hybridized carbons (Fsp3) is 0.500. The molecule has 3 atom stereocenters. The van der Waals surface area contributed by atoms with Crippen LogP contribution in [0.25, 0.3) is 0 Å². The van der Waals surface area contributed by atoms with Gasteiger partial charge in [-0.2, -0.15) is 13.5 Å². The molecule has 14 heteroatoms. The number of hydrogen-bond acceptors (Lipinski definition) is 8. The monoisotopic (exact) mass is 471 g/mol. The number of nitrogens with zero attached hydrogens (tertiary/aromatic N) is 2. The zero-order chi connectivity index (χ0) is 23.5. The molecule has 2 fully saturated rings. The molecule has 2 bridgehead atoms. The Morgan fingerprint density at radius 2 is 2.06 bits per heavy atom. The lowest BCUT2D eigenvalue weighted by molar-refractivity contribution is -0.131. The van der Waals surface area contributed by atoms with E-state index in [2.05, 4.69) is 15.1 Å². The second-order valence-corrected chi connectivity index (χ2v) is 8.66. The van der Waals surface area contributed by atoms with Crippen LogP contribution < -0.4 is 21.3 Å². The van der Waals surface area contributed by atoms with E-state index in [1.807, 2.05) is 0 Å². The van der Waals surface area contributed by atoms with Crippen LogP contribution in [-0.4, -0.2) is 72.1 Å². The number of benzene rings is 1. The van der Waals surface area contributed by atoms with Gasteiger partial charge in [-0.15, -0.1) is 4.28 Å². The van der Waals surface area contributed by atoms with Crippen LogP contribution in [0.4, 0.5) is 4.79 Å². The summed E-state index contributed by atoms with van der Waals surface area (Å²) in [6.45, 7) is 2.19. The first-order valence-electron chi connectivity index (χ1n) is 9.86. The van der Waals surface area contributed by atoms with E-state index in [1.54, 1.807) is 31.2 Å². The second kappa shape index (κ2) is 9.68. The molecular weight excluding hydrogens is 446 g/mol. The Labute approximate surface area is 184 Å². The fourth-order valence-electron chi connectivity index (χ4n) is 3.52. The smallest absolute Gasteiger partial charge is 0.418 e. The van der Waals surface area contributed by atoms with Gasteiger partial charge < -0.3 is 15.4 Å². The predicted octanol–water partition coefficient (Wildman–Crippen LogP) is -0.894. The van der Waals surface area contributed by atoms with Gasteiger partial charge in [-0.1, -0.05) is 12.1 Å². The number of amides is 4. The first-order chi connectivity index (χ1) is 15.0. The van der Waals surface area contributed by atoms with Crippen molar-refractivity contribution in [2.45, 2.75) is 44.3 Å². The van der Waals surface area contributed by atoms with Gasteiger partial charge in [0.1, 0.15) is 18.4 Å². The quantitative estimate of drug-likeness (QED) is 0.276. The van der Waals surface area contributed by atoms with Gasteiger partial charge >= 0.3 is 16.4 Å². The molecule has 1 aromatic rings. The first-order valence-corrected chi connectivity index (χ1v) is 11.2. The Hall–Kier alpha value is -2.94. The number of nitrogens with two attached hydrogens (primary N) is 1. The molecule has 176 valence electrons. The van der Waals surface area contributed by atoms with E-state index in [9.17, 15) is 22.8 Å². The maximum atomic E-state index is 12.5. The largest absolute Gasteiger partial charge is 0.492 e. The van der Waals surface area contributed by atoms with Crippen LogP contribution in [0, 0.1) is 0 Å². The lowest BCUT2D eigenvalue weighted by Gasteiger charge is -2.29. The number of hydroxylamine groups is 2. The highest BCUT2D eigenvalue weighted by Gasteiger charge is 2.49. The molecule has 0 saturated carbocycles. The van der Waals surface area contributed by atoms with Crippen molar-refractivity contribution in [1.29, 1.82) is 0 Å². The first kappa shape index (κ1) is 23.7. The zero-order valence-corrected chi connectivity index (χ0v) is 18.1. The lowest BCUT2D eigenvalue weighted by atomic mass is 10.0. The highest BCUT2D eigenvalue weighted by molar-refractivity contribution is 7.80. The van der Waals surface area contributed by atoms with Crippen molar-refractivity contribution in [3.05, 3.63) is 29.8 Å². The maximum Gasteiger partial charge on any atom is 0.418 e. The van der Waals surface area contributed by atoms with Gasteiger partial charge in [-0.25, -0.2) is 4.79 Å². The third-order valence-corrected chi connectivity index (χ3v) is 5.25. The van der Waals surface area contributed by atoms with Gasteiger partial charge in [0.2, 0.25) is 5.91 Å². The summed E-state index contributed by atoms with van der Waals surface area (Å²) in [7, 11) is -4.87. The Kier molecular flexibility index (Phi) is 7.18. The average molecular weight is 471 g/mol. The molecule has 13 nitrogen and oxygen atoms in total. The maximum absolute atomic E-state index is 12.5. The van der Waals surface area contributed by atoms with Crippen molar-refractivity contribution in [3.8, 4) is 5.75 Å². The second-order valence-electron chi connectivity index (χ2n) is 7.66. The Balaban J connectivity index is 1.51. The fourth-order valence-corrected chi connectivity index (χ4v) is 3.91. The van der Waals surface area contributed by atoms with E-state index >= 15 is 0 Å². The number of nitrogens with one attached hydrogen (secondary N) is 2. The minimum Gasteiger partial charge on any atom is -0.492 e. The van der Waals surface area contributed by atoms with Gasteiger partial charge in [0.25, 0.3) is 5.91 Å². The van der Waals surface area contributed by atoms with Crippen molar-refractivity contribution in [1.82, 2.24) is 20.8 Å². The van der Waals surface area contributed by atoms with E-state index in [4.69, 9.17) is 15.0 Å². The number of fused-ring (bicyclic) bond motifs is 2. The SMILES string of the molecule is C[C@H](N)COc1cccc(CC(=O)NNC(=O)[C@@H]2CC[C@@H]3CN2C(=O)N3OS(=O)(=O)O)c1. The Morgan fingerprint density at radius 1 is 1.31 bits per heavy atom. The van der Waals surface area contributed by atoms with Crippen LogP contribution in [0.15, 0.2) is 24.3 Å². The highest BCUT2D eigenvalue weighted by Crippen LogP contribution is 2.30. The topological polar surface area (TPSA) is 181 Å². The number of hydrogen-bond donors (Lipinski definition) is 4. The molecule has 3 rings (SSSR count). The van der Waals surface area contributed by atoms with Gasteiger partial charge in [-0.3, -0.25) is 25.0 Å². The lowest BCUT2D eigenvalue weighted by Crippen LogP contribution is -2.54. The van der Waals surface area contributed by atoms with Gasteiger partial charge in [0, 0.05) is 12.6 Å². The van der Waals surface area contributed by atoms with Crippen molar-refractivity contribution >= 4 is 28.2 Å². The normalized spacial score (nSPS) is 21.3. The molecule has 4 amide bonds. The van der Waals surface area contributed by atoms with Gasteiger partial charge in [0.15, 0.2) is 0 Å². The van der Waals surface area contributed by atoms with Gasteiger partial charge in [0.05, 0.1) is 12.5 Å². The molecule has 2 saturated heterocycles. The van der Waals surface area contributed by atoms with E-state index < -0.39 is 40.3 Å². The molecule has 0 spiro atoms. The molecule has 0 radical (unpaired) electrons. The van der Waals surface area contributed by atoms with Crippen LogP contribution in [0.2, 0.25) is 0 Å². The minimum atomic E-state index is -4.87. The molecular formula is C18H25N5O8S. The molecule has 32 heavy (non-hydrogen) atoms. The number of ether oxygens (including phenoxy) is 1. The number of urea groups is 1. The van der Waals surface area contributed by atoms with Gasteiger partial charge in [-0.05, 0) is 37.5 Å². The molecule has 2 aliphatic heterocycles. The number of hydrazine groups is 1. The molecule has 5 N–H and O–H groups in total. The molecule has 0 aromatic heterocycles. The van der Waals surface area contributed by atoms with Crippen molar-refractivity contribution in [3.63, 3.8) is 0 Å². The Morgan fingerprint density at radius 3 is 2.75 bits per heavy atom.